The van der Waals surface area contributed by atoms with E-state index in [4.69, 9.17) is 9.47 Å². The van der Waals surface area contributed by atoms with E-state index in [-0.39, 0.29) is 0 Å². The van der Waals surface area contributed by atoms with Gasteiger partial charge in [0.15, 0.2) is 0 Å². The molecule has 1 fully saturated rings. The van der Waals surface area contributed by atoms with E-state index in [9.17, 15) is 5.11 Å². The number of benzene rings is 1. The second kappa shape index (κ2) is 7.66. The molecule has 0 amide bonds. The Balaban J connectivity index is 1.63. The zero-order chi connectivity index (χ0) is 15.1. The first-order valence-corrected chi connectivity index (χ1v) is 7.81. The van der Waals surface area contributed by atoms with Crippen LogP contribution in [0, 0.1) is 5.92 Å². The van der Waals surface area contributed by atoms with Crippen LogP contribution in [0.1, 0.15) is 32.6 Å². The molecule has 118 valence electrons. The molecule has 0 bridgehead atoms. The minimum atomic E-state index is -0.530. The van der Waals surface area contributed by atoms with Gasteiger partial charge >= 0.3 is 0 Å². The summed E-state index contributed by atoms with van der Waals surface area (Å²) in [4.78, 5) is 0. The molecule has 0 radical (unpaired) electrons. The number of rotatable bonds is 7. The van der Waals surface area contributed by atoms with Crippen LogP contribution in [0.2, 0.25) is 0 Å². The van der Waals surface area contributed by atoms with E-state index in [1.54, 1.807) is 7.11 Å². The summed E-state index contributed by atoms with van der Waals surface area (Å²) in [6.07, 6.45) is 4.17. The van der Waals surface area contributed by atoms with Gasteiger partial charge in [0.1, 0.15) is 18.1 Å². The highest BCUT2D eigenvalue weighted by Gasteiger charge is 2.31. The minimum Gasteiger partial charge on any atom is -0.497 e. The van der Waals surface area contributed by atoms with Crippen molar-refractivity contribution in [2.75, 3.05) is 26.8 Å². The highest BCUT2D eigenvalue weighted by Crippen LogP contribution is 2.31. The third kappa shape index (κ3) is 5.21. The van der Waals surface area contributed by atoms with Crippen LogP contribution < -0.4 is 14.8 Å². The number of hydrogen-bond acceptors (Lipinski definition) is 4. The third-order valence-electron chi connectivity index (χ3n) is 4.13. The molecular formula is C17H27NO3. The maximum atomic E-state index is 10.5. The summed E-state index contributed by atoms with van der Waals surface area (Å²) >= 11 is 0. The molecule has 1 saturated carbocycles. The number of hydrogen-bond donors (Lipinski definition) is 2. The molecule has 0 heterocycles. The van der Waals surface area contributed by atoms with E-state index in [1.165, 1.54) is 6.42 Å². The van der Waals surface area contributed by atoms with Crippen LogP contribution in [0.4, 0.5) is 0 Å². The van der Waals surface area contributed by atoms with Crippen LogP contribution in [0.3, 0.4) is 0 Å². The Morgan fingerprint density at radius 2 is 2.00 bits per heavy atom. The fourth-order valence-electron chi connectivity index (χ4n) is 3.03. The highest BCUT2D eigenvalue weighted by atomic mass is 16.5. The SMILES string of the molecule is COc1ccc(OCCNCC2(O)CCCC(C)C2)cc1. The van der Waals surface area contributed by atoms with Gasteiger partial charge in [0.05, 0.1) is 12.7 Å². The molecule has 2 unspecified atom stereocenters. The van der Waals surface area contributed by atoms with Crippen molar-refractivity contribution in [1.29, 1.82) is 0 Å². The van der Waals surface area contributed by atoms with Crippen LogP contribution >= 0.6 is 0 Å². The topological polar surface area (TPSA) is 50.7 Å². The number of nitrogens with one attached hydrogen (secondary N) is 1. The molecule has 1 aliphatic carbocycles. The van der Waals surface area contributed by atoms with Crippen molar-refractivity contribution in [1.82, 2.24) is 5.32 Å². The molecule has 2 N–H and O–H groups in total. The van der Waals surface area contributed by atoms with Crippen molar-refractivity contribution in [3.63, 3.8) is 0 Å². The van der Waals surface area contributed by atoms with Crippen molar-refractivity contribution < 1.29 is 14.6 Å². The summed E-state index contributed by atoms with van der Waals surface area (Å²) in [5, 5.41) is 13.8. The lowest BCUT2D eigenvalue weighted by molar-refractivity contribution is -0.0119. The van der Waals surface area contributed by atoms with Gasteiger partial charge in [0, 0.05) is 13.1 Å². The van der Waals surface area contributed by atoms with Crippen molar-refractivity contribution in [2.45, 2.75) is 38.2 Å². The predicted octanol–water partition coefficient (Wildman–Crippen LogP) is 2.60. The Hall–Kier alpha value is -1.26. The molecule has 0 aliphatic heterocycles. The normalized spacial score (nSPS) is 25.6. The third-order valence-corrected chi connectivity index (χ3v) is 4.13. The fourth-order valence-corrected chi connectivity index (χ4v) is 3.03. The lowest BCUT2D eigenvalue weighted by Crippen LogP contribution is -2.44. The average molecular weight is 293 g/mol. The van der Waals surface area contributed by atoms with E-state index < -0.39 is 5.60 Å². The maximum absolute atomic E-state index is 10.5. The number of ether oxygens (including phenoxy) is 2. The summed E-state index contributed by atoms with van der Waals surface area (Å²) in [6, 6.07) is 7.56. The smallest absolute Gasteiger partial charge is 0.119 e. The lowest BCUT2D eigenvalue weighted by Gasteiger charge is -2.35. The van der Waals surface area contributed by atoms with Crippen LogP contribution in [-0.4, -0.2) is 37.5 Å². The summed E-state index contributed by atoms with van der Waals surface area (Å²) in [5.74, 6) is 2.29. The Bertz CT molecular complexity index is 421. The van der Waals surface area contributed by atoms with Crippen molar-refractivity contribution in [2.24, 2.45) is 5.92 Å². The first-order valence-electron chi connectivity index (χ1n) is 7.81. The average Bonchev–Trinajstić information content (AvgIpc) is 2.47. The molecule has 0 spiro atoms. The second-order valence-corrected chi connectivity index (χ2v) is 6.13. The first-order chi connectivity index (χ1) is 10.1. The number of aliphatic hydroxyl groups is 1. The van der Waals surface area contributed by atoms with Gasteiger partial charge < -0.3 is 19.9 Å². The summed E-state index contributed by atoms with van der Waals surface area (Å²) in [6.45, 7) is 4.21. The van der Waals surface area contributed by atoms with Gasteiger partial charge in [-0.15, -0.1) is 0 Å². The Kier molecular flexibility index (Phi) is 5.88. The molecule has 2 rings (SSSR count). The summed E-state index contributed by atoms with van der Waals surface area (Å²) in [7, 11) is 1.65. The van der Waals surface area contributed by atoms with Gasteiger partial charge in [-0.05, 0) is 43.0 Å². The molecule has 21 heavy (non-hydrogen) atoms. The summed E-state index contributed by atoms with van der Waals surface area (Å²) < 4.78 is 10.8. The van der Waals surface area contributed by atoms with Crippen LogP contribution in [0.25, 0.3) is 0 Å². The molecule has 0 aromatic heterocycles. The van der Waals surface area contributed by atoms with Crippen LogP contribution in [0.5, 0.6) is 11.5 Å². The molecule has 2 atom stereocenters. The van der Waals surface area contributed by atoms with Crippen molar-refractivity contribution >= 4 is 0 Å². The molecule has 4 nitrogen and oxygen atoms in total. The van der Waals surface area contributed by atoms with Gasteiger partial charge in [-0.25, -0.2) is 0 Å². The molecule has 1 aromatic rings. The Morgan fingerprint density at radius 3 is 2.67 bits per heavy atom. The van der Waals surface area contributed by atoms with Gasteiger partial charge in [0.2, 0.25) is 0 Å². The van der Waals surface area contributed by atoms with Crippen molar-refractivity contribution in [3.05, 3.63) is 24.3 Å². The van der Waals surface area contributed by atoms with E-state index in [0.29, 0.717) is 19.1 Å². The predicted molar refractivity (Wildman–Crippen MR) is 83.9 cm³/mol. The quantitative estimate of drug-likeness (QED) is 0.759. The molecule has 0 saturated heterocycles. The highest BCUT2D eigenvalue weighted by molar-refractivity contribution is 5.31. The van der Waals surface area contributed by atoms with Gasteiger partial charge in [-0.2, -0.15) is 0 Å². The van der Waals surface area contributed by atoms with Crippen LogP contribution in [0.15, 0.2) is 24.3 Å². The largest absolute Gasteiger partial charge is 0.497 e. The standard InChI is InChI=1S/C17H27NO3/c1-14-4-3-9-17(19,12-14)13-18-10-11-21-16-7-5-15(20-2)6-8-16/h5-8,14,18-19H,3-4,9-13H2,1-2H3. The zero-order valence-corrected chi connectivity index (χ0v) is 13.1. The Morgan fingerprint density at radius 1 is 1.29 bits per heavy atom. The Labute approximate surface area is 127 Å². The maximum Gasteiger partial charge on any atom is 0.119 e. The number of methoxy groups -OCH3 is 1. The monoisotopic (exact) mass is 293 g/mol. The first kappa shape index (κ1) is 16.1. The van der Waals surface area contributed by atoms with E-state index >= 15 is 0 Å². The fraction of sp³-hybridized carbons (Fsp3) is 0.647. The van der Waals surface area contributed by atoms with Gasteiger partial charge in [-0.3, -0.25) is 0 Å². The minimum absolute atomic E-state index is 0.530. The lowest BCUT2D eigenvalue weighted by atomic mass is 9.79. The molecule has 1 aliphatic rings. The molecular weight excluding hydrogens is 266 g/mol. The molecule has 4 heteroatoms. The van der Waals surface area contributed by atoms with E-state index in [0.717, 1.165) is 37.3 Å². The van der Waals surface area contributed by atoms with Crippen LogP contribution in [-0.2, 0) is 0 Å². The van der Waals surface area contributed by atoms with Gasteiger partial charge in [0.25, 0.3) is 0 Å². The van der Waals surface area contributed by atoms with E-state index in [1.807, 2.05) is 24.3 Å². The molecule has 1 aromatic carbocycles. The summed E-state index contributed by atoms with van der Waals surface area (Å²) in [5.41, 5.74) is -0.530. The second-order valence-electron chi connectivity index (χ2n) is 6.13. The van der Waals surface area contributed by atoms with Crippen molar-refractivity contribution in [3.8, 4) is 11.5 Å². The van der Waals surface area contributed by atoms with E-state index in [2.05, 4.69) is 12.2 Å². The zero-order valence-electron chi connectivity index (χ0n) is 13.1. The van der Waals surface area contributed by atoms with Gasteiger partial charge in [-0.1, -0.05) is 19.8 Å².